The second kappa shape index (κ2) is 5.42. The van der Waals surface area contributed by atoms with Gasteiger partial charge < -0.3 is 10.2 Å². The molecule has 1 N–H and O–H groups in total. The third-order valence-electron chi connectivity index (χ3n) is 4.84. The maximum absolute atomic E-state index is 14.7. The Kier molecular flexibility index (Phi) is 3.37. The van der Waals surface area contributed by atoms with E-state index in [2.05, 4.69) is 15.5 Å². The number of piperidine rings is 1. The summed E-state index contributed by atoms with van der Waals surface area (Å²) in [5.74, 6) is -0.236. The van der Waals surface area contributed by atoms with Gasteiger partial charge in [0.25, 0.3) is 5.91 Å². The van der Waals surface area contributed by atoms with Gasteiger partial charge in [-0.05, 0) is 37.4 Å². The lowest BCUT2D eigenvalue weighted by Gasteiger charge is -2.51. The smallest absolute Gasteiger partial charge is 0.259 e. The summed E-state index contributed by atoms with van der Waals surface area (Å²) >= 11 is 0. The van der Waals surface area contributed by atoms with Gasteiger partial charge in [0.15, 0.2) is 0 Å². The van der Waals surface area contributed by atoms with E-state index in [4.69, 9.17) is 0 Å². The fourth-order valence-corrected chi connectivity index (χ4v) is 3.48. The van der Waals surface area contributed by atoms with Gasteiger partial charge in [-0.15, -0.1) is 0 Å². The number of carbonyl (C=O) groups is 1. The molecule has 2 saturated heterocycles. The van der Waals surface area contributed by atoms with Crippen LogP contribution in [0, 0.1) is 18.7 Å². The summed E-state index contributed by atoms with van der Waals surface area (Å²) in [4.78, 5) is 16.0. The molecule has 2 aliphatic heterocycles. The summed E-state index contributed by atoms with van der Waals surface area (Å²) in [7, 11) is 0. The van der Waals surface area contributed by atoms with E-state index >= 15 is 0 Å². The maximum atomic E-state index is 14.7. The van der Waals surface area contributed by atoms with Gasteiger partial charge in [0.2, 0.25) is 0 Å². The van der Waals surface area contributed by atoms with Crippen molar-refractivity contribution >= 4 is 5.91 Å². The Hall–Kier alpha value is -2.28. The average molecular weight is 315 g/mol. The first kappa shape index (κ1) is 14.3. The molecule has 0 spiro atoms. The highest BCUT2D eigenvalue weighted by Gasteiger charge is 2.44. The number of hydrogen-bond donors (Lipinski definition) is 1. The average Bonchev–Trinajstić information content (AvgIpc) is 3.05. The monoisotopic (exact) mass is 315 g/mol. The summed E-state index contributed by atoms with van der Waals surface area (Å²) in [6, 6.07) is 3.50. The number of fused-ring (bicyclic) bond motifs is 1. The highest BCUT2D eigenvalue weighted by molar-refractivity contribution is 5.99. The number of hydrogen-bond acceptors (Lipinski definition) is 4. The van der Waals surface area contributed by atoms with Crippen LogP contribution in [0.15, 0.2) is 24.5 Å². The van der Waals surface area contributed by atoms with E-state index in [0.29, 0.717) is 23.7 Å². The Morgan fingerprint density at radius 2 is 2.13 bits per heavy atom. The number of aryl methyl sites for hydroxylation is 1. The Bertz CT molecular complexity index is 745. The number of benzene rings is 1. The fraction of sp³-hybridized carbons (Fsp3) is 0.438. The zero-order chi connectivity index (χ0) is 16.0. The van der Waals surface area contributed by atoms with Gasteiger partial charge in [-0.25, -0.2) is 4.39 Å². The first-order valence-electron chi connectivity index (χ1n) is 7.84. The molecule has 0 aliphatic carbocycles. The van der Waals surface area contributed by atoms with Gasteiger partial charge in [-0.3, -0.25) is 4.79 Å². The number of carbonyl (C=O) groups excluding carboxylic acids is 1. The molecule has 120 valence electrons. The number of nitrogens with zero attached hydrogens (tertiary/aromatic N) is 4. The predicted octanol–water partition coefficient (Wildman–Crippen LogP) is 1.15. The molecule has 0 saturated carbocycles. The molecule has 4 rings (SSSR count). The SMILES string of the molecule is Cc1ccc(-n2nccn2)c(C(=O)N2C[C@@H]3CCNC[C@@H]32)c1F. The molecule has 0 radical (unpaired) electrons. The van der Waals surface area contributed by atoms with Gasteiger partial charge in [-0.2, -0.15) is 15.0 Å². The molecule has 23 heavy (non-hydrogen) atoms. The van der Waals surface area contributed by atoms with E-state index in [0.717, 1.165) is 19.5 Å². The molecule has 2 aliphatic rings. The molecule has 0 bridgehead atoms. The molecular weight excluding hydrogens is 297 g/mol. The van der Waals surface area contributed by atoms with Crippen LogP contribution >= 0.6 is 0 Å². The van der Waals surface area contributed by atoms with Crippen LogP contribution in [0.4, 0.5) is 4.39 Å². The number of nitrogens with one attached hydrogen (secondary N) is 1. The Morgan fingerprint density at radius 1 is 1.35 bits per heavy atom. The third-order valence-corrected chi connectivity index (χ3v) is 4.84. The molecule has 0 unspecified atom stereocenters. The lowest BCUT2D eigenvalue weighted by atomic mass is 9.82. The van der Waals surface area contributed by atoms with Crippen LogP contribution in [0.3, 0.4) is 0 Å². The second-order valence-corrected chi connectivity index (χ2v) is 6.19. The third kappa shape index (κ3) is 2.23. The Labute approximate surface area is 133 Å². The summed E-state index contributed by atoms with van der Waals surface area (Å²) in [6.45, 7) is 4.13. The van der Waals surface area contributed by atoms with E-state index in [-0.39, 0.29) is 17.5 Å². The predicted molar refractivity (Wildman–Crippen MR) is 81.9 cm³/mol. The lowest BCUT2D eigenvalue weighted by molar-refractivity contribution is 0.00242. The molecule has 6 nitrogen and oxygen atoms in total. The number of aromatic nitrogens is 3. The maximum Gasteiger partial charge on any atom is 0.259 e. The van der Waals surface area contributed by atoms with Gasteiger partial charge in [0, 0.05) is 19.1 Å². The molecule has 2 fully saturated rings. The van der Waals surface area contributed by atoms with E-state index < -0.39 is 5.82 Å². The number of amides is 1. The largest absolute Gasteiger partial charge is 0.334 e. The summed E-state index contributed by atoms with van der Waals surface area (Å²) in [6.07, 6.45) is 4.09. The molecule has 1 aromatic heterocycles. The zero-order valence-electron chi connectivity index (χ0n) is 12.9. The summed E-state index contributed by atoms with van der Waals surface area (Å²) in [5.41, 5.74) is 0.892. The van der Waals surface area contributed by atoms with Crippen LogP contribution in [-0.4, -0.2) is 51.5 Å². The summed E-state index contributed by atoms with van der Waals surface area (Å²) < 4.78 is 14.7. The quantitative estimate of drug-likeness (QED) is 0.903. The first-order valence-corrected chi connectivity index (χ1v) is 7.84. The number of halogens is 1. The van der Waals surface area contributed by atoms with Crippen molar-refractivity contribution in [2.75, 3.05) is 19.6 Å². The molecule has 2 atom stereocenters. The van der Waals surface area contributed by atoms with Crippen LogP contribution in [0.25, 0.3) is 5.69 Å². The van der Waals surface area contributed by atoms with Crippen molar-refractivity contribution in [2.24, 2.45) is 5.92 Å². The van der Waals surface area contributed by atoms with E-state index in [1.54, 1.807) is 24.0 Å². The minimum absolute atomic E-state index is 0.0604. The van der Waals surface area contributed by atoms with Crippen LogP contribution in [0.5, 0.6) is 0 Å². The Morgan fingerprint density at radius 3 is 2.87 bits per heavy atom. The fourth-order valence-electron chi connectivity index (χ4n) is 3.48. The number of likely N-dealkylation sites (tertiary alicyclic amines) is 1. The van der Waals surface area contributed by atoms with Crippen LogP contribution in [-0.2, 0) is 0 Å². The minimum atomic E-state index is -0.489. The van der Waals surface area contributed by atoms with E-state index in [1.807, 2.05) is 0 Å². The lowest BCUT2D eigenvalue weighted by Crippen LogP contribution is -2.65. The van der Waals surface area contributed by atoms with Crippen LogP contribution in [0.1, 0.15) is 22.3 Å². The first-order chi connectivity index (χ1) is 11.2. The van der Waals surface area contributed by atoms with E-state index in [9.17, 15) is 9.18 Å². The summed E-state index contributed by atoms with van der Waals surface area (Å²) in [5, 5.41) is 11.4. The molecule has 3 heterocycles. The zero-order valence-corrected chi connectivity index (χ0v) is 12.9. The Balaban J connectivity index is 1.73. The van der Waals surface area contributed by atoms with Crippen molar-refractivity contribution < 1.29 is 9.18 Å². The topological polar surface area (TPSA) is 63.1 Å². The van der Waals surface area contributed by atoms with E-state index in [1.165, 1.54) is 17.2 Å². The standard InChI is InChI=1S/C16H18FN5O/c1-10-2-3-12(22-19-6-7-20-22)14(15(10)17)16(23)21-9-11-4-5-18-8-13(11)21/h2-3,6-7,11,13,18H,4-5,8-9H2,1H3/t11-,13-/m0/s1. The number of rotatable bonds is 2. The highest BCUT2D eigenvalue weighted by atomic mass is 19.1. The normalized spacial score (nSPS) is 23.3. The van der Waals surface area contributed by atoms with Crippen molar-refractivity contribution in [3.63, 3.8) is 0 Å². The molecule has 7 heteroatoms. The van der Waals surface area contributed by atoms with Crippen molar-refractivity contribution in [1.82, 2.24) is 25.2 Å². The van der Waals surface area contributed by atoms with Crippen LogP contribution in [0.2, 0.25) is 0 Å². The van der Waals surface area contributed by atoms with Crippen molar-refractivity contribution in [1.29, 1.82) is 0 Å². The van der Waals surface area contributed by atoms with Gasteiger partial charge in [0.05, 0.1) is 12.4 Å². The van der Waals surface area contributed by atoms with Crippen molar-refractivity contribution in [3.8, 4) is 5.69 Å². The minimum Gasteiger partial charge on any atom is -0.334 e. The van der Waals surface area contributed by atoms with Crippen molar-refractivity contribution in [3.05, 3.63) is 41.5 Å². The van der Waals surface area contributed by atoms with Crippen molar-refractivity contribution in [2.45, 2.75) is 19.4 Å². The van der Waals surface area contributed by atoms with Gasteiger partial charge in [0.1, 0.15) is 17.1 Å². The molecule has 2 aromatic rings. The van der Waals surface area contributed by atoms with Gasteiger partial charge in [-0.1, -0.05) is 6.07 Å². The molecule has 1 amide bonds. The second-order valence-electron chi connectivity index (χ2n) is 6.19. The molecular formula is C16H18FN5O. The molecule has 1 aromatic carbocycles. The van der Waals surface area contributed by atoms with Crippen LogP contribution < -0.4 is 5.32 Å². The van der Waals surface area contributed by atoms with Gasteiger partial charge >= 0.3 is 0 Å². The highest BCUT2D eigenvalue weighted by Crippen LogP contribution is 2.33.